The van der Waals surface area contributed by atoms with E-state index in [1.807, 2.05) is 30.3 Å². The van der Waals surface area contributed by atoms with Crippen LogP contribution in [0.3, 0.4) is 0 Å². The van der Waals surface area contributed by atoms with Crippen LogP contribution in [0.25, 0.3) is 0 Å². The lowest BCUT2D eigenvalue weighted by molar-refractivity contribution is 0.473. The highest BCUT2D eigenvalue weighted by atomic mass is 16.3. The number of hydrogen-bond acceptors (Lipinski definition) is 2. The normalized spacial score (nSPS) is 12.1. The van der Waals surface area contributed by atoms with Gasteiger partial charge in [0.05, 0.1) is 6.04 Å². The third-order valence-corrected chi connectivity index (χ3v) is 3.25. The Morgan fingerprint density at radius 3 is 2.39 bits per heavy atom. The first kappa shape index (κ1) is 12.5. The number of phenolic OH excluding ortho intramolecular Hbond substituents is 1. The molecule has 0 spiro atoms. The molecule has 0 aliphatic rings. The van der Waals surface area contributed by atoms with Crippen molar-refractivity contribution in [3.8, 4) is 5.75 Å². The standard InChI is InChI=1S/C16H19NO/c1-3-17(15-9-5-4-6-10-15)13(2)14-8-7-11-16(18)12-14/h4-13,18H,3H2,1-2H3. The SMILES string of the molecule is CCN(c1ccccc1)C(C)c1cccc(O)c1. The van der Waals surface area contributed by atoms with E-state index in [0.717, 1.165) is 12.1 Å². The Hall–Kier alpha value is -1.96. The van der Waals surface area contributed by atoms with Gasteiger partial charge in [0.2, 0.25) is 0 Å². The summed E-state index contributed by atoms with van der Waals surface area (Å²) in [6.07, 6.45) is 0. The van der Waals surface area contributed by atoms with Crippen LogP contribution in [-0.2, 0) is 0 Å². The predicted molar refractivity (Wildman–Crippen MR) is 76.0 cm³/mol. The maximum Gasteiger partial charge on any atom is 0.115 e. The molecule has 2 nitrogen and oxygen atoms in total. The molecule has 0 bridgehead atoms. The molecule has 94 valence electrons. The summed E-state index contributed by atoms with van der Waals surface area (Å²) < 4.78 is 0. The van der Waals surface area contributed by atoms with Crippen molar-refractivity contribution < 1.29 is 5.11 Å². The summed E-state index contributed by atoms with van der Waals surface area (Å²) in [6.45, 7) is 5.23. The molecule has 0 aliphatic carbocycles. The van der Waals surface area contributed by atoms with E-state index in [1.54, 1.807) is 6.07 Å². The first-order chi connectivity index (χ1) is 8.72. The highest BCUT2D eigenvalue weighted by molar-refractivity contribution is 5.48. The lowest BCUT2D eigenvalue weighted by atomic mass is 10.1. The van der Waals surface area contributed by atoms with Gasteiger partial charge in [0, 0.05) is 12.2 Å². The molecule has 0 radical (unpaired) electrons. The van der Waals surface area contributed by atoms with Gasteiger partial charge in [-0.3, -0.25) is 0 Å². The third-order valence-electron chi connectivity index (χ3n) is 3.25. The molecule has 2 heteroatoms. The number of aromatic hydroxyl groups is 1. The second-order valence-corrected chi connectivity index (χ2v) is 4.39. The lowest BCUT2D eigenvalue weighted by Crippen LogP contribution is -2.26. The Morgan fingerprint density at radius 1 is 1.06 bits per heavy atom. The molecule has 2 aromatic rings. The minimum Gasteiger partial charge on any atom is -0.508 e. The number of para-hydroxylation sites is 1. The van der Waals surface area contributed by atoms with Gasteiger partial charge < -0.3 is 10.0 Å². The molecule has 1 unspecified atom stereocenters. The highest BCUT2D eigenvalue weighted by Gasteiger charge is 2.14. The summed E-state index contributed by atoms with van der Waals surface area (Å²) in [6, 6.07) is 18.1. The number of hydrogen-bond donors (Lipinski definition) is 1. The van der Waals surface area contributed by atoms with Crippen molar-refractivity contribution >= 4 is 5.69 Å². The molecule has 0 saturated carbocycles. The molecule has 2 rings (SSSR count). The van der Waals surface area contributed by atoms with Crippen molar-refractivity contribution in [3.05, 3.63) is 60.2 Å². The quantitative estimate of drug-likeness (QED) is 0.875. The molecule has 1 N–H and O–H groups in total. The third kappa shape index (κ3) is 2.65. The summed E-state index contributed by atoms with van der Waals surface area (Å²) in [7, 11) is 0. The molecule has 0 amide bonds. The van der Waals surface area contributed by atoms with Gasteiger partial charge in [-0.25, -0.2) is 0 Å². The van der Waals surface area contributed by atoms with Crippen molar-refractivity contribution in [2.45, 2.75) is 19.9 Å². The summed E-state index contributed by atoms with van der Waals surface area (Å²) in [5.74, 6) is 0.323. The molecule has 0 aliphatic heterocycles. The predicted octanol–water partition coefficient (Wildman–Crippen LogP) is 3.98. The summed E-state index contributed by atoms with van der Waals surface area (Å²) in [4.78, 5) is 2.31. The van der Waals surface area contributed by atoms with Crippen LogP contribution in [0.15, 0.2) is 54.6 Å². The molecular formula is C16H19NO. The van der Waals surface area contributed by atoms with E-state index < -0.39 is 0 Å². The van der Waals surface area contributed by atoms with Gasteiger partial charge in [0.15, 0.2) is 0 Å². The Morgan fingerprint density at radius 2 is 1.78 bits per heavy atom. The molecule has 0 heterocycles. The maximum atomic E-state index is 9.57. The van der Waals surface area contributed by atoms with Gasteiger partial charge in [0.1, 0.15) is 5.75 Å². The average molecular weight is 241 g/mol. The van der Waals surface area contributed by atoms with Crippen molar-refractivity contribution in [2.75, 3.05) is 11.4 Å². The fourth-order valence-electron chi connectivity index (χ4n) is 2.26. The number of rotatable bonds is 4. The van der Waals surface area contributed by atoms with E-state index in [9.17, 15) is 5.11 Å². The molecule has 0 aromatic heterocycles. The fourth-order valence-corrected chi connectivity index (χ4v) is 2.26. The molecular weight excluding hydrogens is 222 g/mol. The van der Waals surface area contributed by atoms with Crippen molar-refractivity contribution in [2.24, 2.45) is 0 Å². The van der Waals surface area contributed by atoms with E-state index in [-0.39, 0.29) is 6.04 Å². The van der Waals surface area contributed by atoms with Gasteiger partial charge in [-0.05, 0) is 43.7 Å². The molecule has 0 saturated heterocycles. The minimum absolute atomic E-state index is 0.240. The van der Waals surface area contributed by atoms with Gasteiger partial charge in [-0.2, -0.15) is 0 Å². The van der Waals surface area contributed by atoms with Crippen LogP contribution in [0.1, 0.15) is 25.5 Å². The van der Waals surface area contributed by atoms with Crippen LogP contribution in [-0.4, -0.2) is 11.7 Å². The van der Waals surface area contributed by atoms with E-state index in [1.165, 1.54) is 5.69 Å². The summed E-state index contributed by atoms with van der Waals surface area (Å²) in [5.41, 5.74) is 2.33. The molecule has 18 heavy (non-hydrogen) atoms. The van der Waals surface area contributed by atoms with Crippen molar-refractivity contribution in [3.63, 3.8) is 0 Å². The van der Waals surface area contributed by atoms with Gasteiger partial charge in [-0.15, -0.1) is 0 Å². The largest absolute Gasteiger partial charge is 0.508 e. The van der Waals surface area contributed by atoms with Crippen LogP contribution in [0, 0.1) is 0 Å². The number of benzene rings is 2. The first-order valence-electron chi connectivity index (χ1n) is 6.33. The van der Waals surface area contributed by atoms with Crippen LogP contribution in [0.2, 0.25) is 0 Å². The van der Waals surface area contributed by atoms with Gasteiger partial charge >= 0.3 is 0 Å². The second-order valence-electron chi connectivity index (χ2n) is 4.39. The van der Waals surface area contributed by atoms with Crippen molar-refractivity contribution in [1.82, 2.24) is 0 Å². The maximum absolute atomic E-state index is 9.57. The highest BCUT2D eigenvalue weighted by Crippen LogP contribution is 2.27. The average Bonchev–Trinajstić information content (AvgIpc) is 2.41. The Balaban J connectivity index is 2.28. The lowest BCUT2D eigenvalue weighted by Gasteiger charge is -2.30. The molecule has 1 atom stereocenters. The van der Waals surface area contributed by atoms with E-state index >= 15 is 0 Å². The van der Waals surface area contributed by atoms with Gasteiger partial charge in [0.25, 0.3) is 0 Å². The van der Waals surface area contributed by atoms with Gasteiger partial charge in [-0.1, -0.05) is 30.3 Å². The fraction of sp³-hybridized carbons (Fsp3) is 0.250. The number of anilines is 1. The first-order valence-corrected chi connectivity index (χ1v) is 6.33. The van der Waals surface area contributed by atoms with E-state index in [0.29, 0.717) is 5.75 Å². The minimum atomic E-state index is 0.240. The zero-order chi connectivity index (χ0) is 13.0. The molecule has 2 aromatic carbocycles. The van der Waals surface area contributed by atoms with Crippen LogP contribution < -0.4 is 4.90 Å². The number of phenols is 1. The Bertz CT molecular complexity index is 495. The molecule has 0 fully saturated rings. The Kier molecular flexibility index (Phi) is 3.88. The van der Waals surface area contributed by atoms with Crippen LogP contribution >= 0.6 is 0 Å². The monoisotopic (exact) mass is 241 g/mol. The topological polar surface area (TPSA) is 23.5 Å². The van der Waals surface area contributed by atoms with Crippen LogP contribution in [0.4, 0.5) is 5.69 Å². The zero-order valence-corrected chi connectivity index (χ0v) is 10.9. The van der Waals surface area contributed by atoms with Crippen molar-refractivity contribution in [1.29, 1.82) is 0 Å². The zero-order valence-electron chi connectivity index (χ0n) is 10.9. The van der Waals surface area contributed by atoms with E-state index in [4.69, 9.17) is 0 Å². The Labute approximate surface area is 109 Å². The van der Waals surface area contributed by atoms with Crippen LogP contribution in [0.5, 0.6) is 5.75 Å². The second kappa shape index (κ2) is 5.58. The number of nitrogens with zero attached hydrogens (tertiary/aromatic N) is 1. The smallest absolute Gasteiger partial charge is 0.115 e. The summed E-state index contributed by atoms with van der Waals surface area (Å²) in [5, 5.41) is 9.57. The van der Waals surface area contributed by atoms with E-state index in [2.05, 4.69) is 36.9 Å². The summed E-state index contributed by atoms with van der Waals surface area (Å²) >= 11 is 0.